The zero-order chi connectivity index (χ0) is 21.0. The number of amides is 3. The van der Waals surface area contributed by atoms with Gasteiger partial charge in [0.15, 0.2) is 0 Å². The van der Waals surface area contributed by atoms with Crippen LogP contribution < -0.4 is 10.6 Å². The summed E-state index contributed by atoms with van der Waals surface area (Å²) >= 11 is 6.05. The van der Waals surface area contributed by atoms with Crippen molar-refractivity contribution in [1.29, 1.82) is 0 Å². The molecule has 1 aromatic carbocycles. The molecule has 1 atom stereocenters. The van der Waals surface area contributed by atoms with Crippen molar-refractivity contribution in [3.8, 4) is 0 Å². The minimum atomic E-state index is -0.761. The maximum atomic E-state index is 13.2. The van der Waals surface area contributed by atoms with Gasteiger partial charge in [0.05, 0.1) is 24.5 Å². The summed E-state index contributed by atoms with van der Waals surface area (Å²) in [7, 11) is 0. The molecular weight excluding hydrogens is 396 g/mol. The van der Waals surface area contributed by atoms with E-state index in [0.29, 0.717) is 37.0 Å². The third-order valence-electron chi connectivity index (χ3n) is 5.13. The molecule has 3 rings (SSSR count). The van der Waals surface area contributed by atoms with Crippen molar-refractivity contribution >= 4 is 35.0 Å². The molecular formula is C20H27ClN4O4. The summed E-state index contributed by atoms with van der Waals surface area (Å²) in [6, 6.07) is 3.97. The van der Waals surface area contributed by atoms with Crippen molar-refractivity contribution in [2.75, 3.05) is 51.3 Å². The predicted molar refractivity (Wildman–Crippen MR) is 110 cm³/mol. The molecule has 1 fully saturated rings. The lowest BCUT2D eigenvalue weighted by molar-refractivity contribution is -0.128. The predicted octanol–water partition coefficient (Wildman–Crippen LogP) is 1.21. The van der Waals surface area contributed by atoms with Crippen LogP contribution in [0.15, 0.2) is 18.2 Å². The molecule has 1 aromatic rings. The number of morpholine rings is 1. The summed E-state index contributed by atoms with van der Waals surface area (Å²) in [4.78, 5) is 42.1. The van der Waals surface area contributed by atoms with Crippen LogP contribution in [-0.4, -0.2) is 79.5 Å². The Kier molecular flexibility index (Phi) is 7.10. The molecule has 0 aromatic heterocycles. The first-order valence-electron chi connectivity index (χ1n) is 9.85. The summed E-state index contributed by atoms with van der Waals surface area (Å²) in [5, 5.41) is 6.04. The minimum Gasteiger partial charge on any atom is -0.379 e. The Morgan fingerprint density at radius 3 is 2.69 bits per heavy atom. The fraction of sp³-hybridized carbons (Fsp3) is 0.550. The van der Waals surface area contributed by atoms with Gasteiger partial charge in [0.2, 0.25) is 11.8 Å². The first-order valence-corrected chi connectivity index (χ1v) is 10.2. The van der Waals surface area contributed by atoms with Crippen LogP contribution in [0.5, 0.6) is 0 Å². The van der Waals surface area contributed by atoms with E-state index in [0.717, 1.165) is 13.1 Å². The number of hydrogen-bond acceptors (Lipinski definition) is 5. The van der Waals surface area contributed by atoms with E-state index < -0.39 is 6.04 Å². The summed E-state index contributed by atoms with van der Waals surface area (Å²) in [6.07, 6.45) is 0. The number of nitrogens with zero attached hydrogens (tertiary/aromatic N) is 2. The molecule has 0 radical (unpaired) electrons. The van der Waals surface area contributed by atoms with Gasteiger partial charge < -0.3 is 20.3 Å². The third kappa shape index (κ3) is 5.26. The Bertz CT molecular complexity index is 780. The summed E-state index contributed by atoms with van der Waals surface area (Å²) < 4.78 is 5.33. The standard InChI is InChI=1S/C20H27ClN4O4/c1-13(2)18(19(27)22-5-6-24-7-9-29-10-8-24)25-12-17(26)23-16-4-3-14(21)11-15(16)20(25)28/h3-4,11,13,18H,5-10,12H2,1-2H3,(H,22,27)(H,23,26)/t18-/m0/s1. The van der Waals surface area contributed by atoms with E-state index in [1.165, 1.54) is 11.0 Å². The third-order valence-corrected chi connectivity index (χ3v) is 5.36. The molecule has 158 valence electrons. The number of fused-ring (bicyclic) bond motifs is 1. The Balaban J connectivity index is 1.73. The number of ether oxygens (including phenoxy) is 1. The highest BCUT2D eigenvalue weighted by molar-refractivity contribution is 6.31. The van der Waals surface area contributed by atoms with Crippen LogP contribution in [0, 0.1) is 5.92 Å². The highest BCUT2D eigenvalue weighted by atomic mass is 35.5. The Labute approximate surface area is 175 Å². The largest absolute Gasteiger partial charge is 0.379 e. The van der Waals surface area contributed by atoms with Crippen molar-refractivity contribution in [3.05, 3.63) is 28.8 Å². The van der Waals surface area contributed by atoms with Gasteiger partial charge in [0, 0.05) is 31.2 Å². The summed E-state index contributed by atoms with van der Waals surface area (Å²) in [5.41, 5.74) is 0.692. The minimum absolute atomic E-state index is 0.170. The van der Waals surface area contributed by atoms with Gasteiger partial charge in [-0.15, -0.1) is 0 Å². The Morgan fingerprint density at radius 1 is 1.28 bits per heavy atom. The van der Waals surface area contributed by atoms with Crippen LogP contribution in [0.3, 0.4) is 0 Å². The molecule has 1 saturated heterocycles. The molecule has 0 aliphatic carbocycles. The second kappa shape index (κ2) is 9.56. The number of rotatable bonds is 6. The maximum absolute atomic E-state index is 13.2. The van der Waals surface area contributed by atoms with Gasteiger partial charge in [-0.25, -0.2) is 0 Å². The SMILES string of the molecule is CC(C)[C@@H](C(=O)NCCN1CCOCC1)N1CC(=O)Nc2ccc(Cl)cc2C1=O. The molecule has 8 nitrogen and oxygen atoms in total. The van der Waals surface area contributed by atoms with E-state index in [2.05, 4.69) is 15.5 Å². The van der Waals surface area contributed by atoms with Gasteiger partial charge in [-0.05, 0) is 24.1 Å². The fourth-order valence-electron chi connectivity index (χ4n) is 3.67. The Hall–Kier alpha value is -2.16. The average Bonchev–Trinajstić information content (AvgIpc) is 2.79. The fourth-order valence-corrected chi connectivity index (χ4v) is 3.84. The van der Waals surface area contributed by atoms with Gasteiger partial charge in [-0.1, -0.05) is 25.4 Å². The van der Waals surface area contributed by atoms with E-state index in [4.69, 9.17) is 16.3 Å². The van der Waals surface area contributed by atoms with Crippen molar-refractivity contribution in [3.63, 3.8) is 0 Å². The zero-order valence-electron chi connectivity index (χ0n) is 16.7. The Morgan fingerprint density at radius 2 is 2.00 bits per heavy atom. The lowest BCUT2D eigenvalue weighted by Crippen LogP contribution is -2.54. The highest BCUT2D eigenvalue weighted by Crippen LogP contribution is 2.26. The maximum Gasteiger partial charge on any atom is 0.257 e. The first-order chi connectivity index (χ1) is 13.9. The molecule has 0 unspecified atom stereocenters. The van der Waals surface area contributed by atoms with Crippen molar-refractivity contribution < 1.29 is 19.1 Å². The van der Waals surface area contributed by atoms with Gasteiger partial charge >= 0.3 is 0 Å². The number of halogens is 1. The van der Waals surface area contributed by atoms with E-state index in [1.54, 1.807) is 12.1 Å². The second-order valence-electron chi connectivity index (χ2n) is 7.61. The van der Waals surface area contributed by atoms with E-state index in [9.17, 15) is 14.4 Å². The zero-order valence-corrected chi connectivity index (χ0v) is 17.5. The molecule has 2 aliphatic rings. The number of benzene rings is 1. The molecule has 0 saturated carbocycles. The van der Waals surface area contributed by atoms with Crippen LogP contribution in [-0.2, 0) is 14.3 Å². The molecule has 2 N–H and O–H groups in total. The van der Waals surface area contributed by atoms with E-state index in [-0.39, 0.29) is 35.7 Å². The first kappa shape index (κ1) is 21.5. The quantitative estimate of drug-likeness (QED) is 0.719. The monoisotopic (exact) mass is 422 g/mol. The molecule has 0 bridgehead atoms. The molecule has 2 heterocycles. The van der Waals surface area contributed by atoms with Crippen molar-refractivity contribution in [1.82, 2.24) is 15.1 Å². The number of anilines is 1. The van der Waals surface area contributed by atoms with Crippen LogP contribution in [0.1, 0.15) is 24.2 Å². The van der Waals surface area contributed by atoms with Gasteiger partial charge in [0.25, 0.3) is 5.91 Å². The van der Waals surface area contributed by atoms with E-state index >= 15 is 0 Å². The average molecular weight is 423 g/mol. The molecule has 3 amide bonds. The lowest BCUT2D eigenvalue weighted by Gasteiger charge is -2.32. The smallest absolute Gasteiger partial charge is 0.257 e. The lowest BCUT2D eigenvalue weighted by atomic mass is 10.00. The van der Waals surface area contributed by atoms with Crippen molar-refractivity contribution in [2.24, 2.45) is 5.92 Å². The number of nitrogens with one attached hydrogen (secondary N) is 2. The number of carbonyl (C=O) groups excluding carboxylic acids is 3. The van der Waals surface area contributed by atoms with Gasteiger partial charge in [-0.2, -0.15) is 0 Å². The van der Waals surface area contributed by atoms with Gasteiger partial charge in [-0.3, -0.25) is 19.3 Å². The van der Waals surface area contributed by atoms with Crippen LogP contribution in [0.25, 0.3) is 0 Å². The van der Waals surface area contributed by atoms with Crippen LogP contribution in [0.4, 0.5) is 5.69 Å². The number of hydrogen-bond donors (Lipinski definition) is 2. The highest BCUT2D eigenvalue weighted by Gasteiger charge is 2.37. The summed E-state index contributed by atoms with van der Waals surface area (Å²) in [5.74, 6) is -1.16. The van der Waals surface area contributed by atoms with Crippen LogP contribution in [0.2, 0.25) is 5.02 Å². The van der Waals surface area contributed by atoms with Gasteiger partial charge in [0.1, 0.15) is 12.6 Å². The number of carbonyl (C=O) groups is 3. The van der Waals surface area contributed by atoms with E-state index in [1.807, 2.05) is 13.8 Å². The molecule has 29 heavy (non-hydrogen) atoms. The molecule has 9 heteroatoms. The molecule has 0 spiro atoms. The normalized spacial score (nSPS) is 18.8. The van der Waals surface area contributed by atoms with Crippen LogP contribution >= 0.6 is 11.6 Å². The summed E-state index contributed by atoms with van der Waals surface area (Å²) in [6.45, 7) is 7.79. The van der Waals surface area contributed by atoms with Crippen molar-refractivity contribution in [2.45, 2.75) is 19.9 Å². The topological polar surface area (TPSA) is 91.0 Å². The molecule has 2 aliphatic heterocycles. The second-order valence-corrected chi connectivity index (χ2v) is 8.04.